The van der Waals surface area contributed by atoms with Crippen molar-refractivity contribution in [3.8, 4) is 11.3 Å². The van der Waals surface area contributed by atoms with E-state index < -0.39 is 11.7 Å². The Hall–Kier alpha value is -2.88. The van der Waals surface area contributed by atoms with E-state index in [0.29, 0.717) is 18.7 Å². The number of benzene rings is 2. The van der Waals surface area contributed by atoms with Gasteiger partial charge in [-0.1, -0.05) is 62.4 Å². The summed E-state index contributed by atoms with van der Waals surface area (Å²) in [4.78, 5) is 28.1. The van der Waals surface area contributed by atoms with Crippen LogP contribution in [-0.2, 0) is 11.8 Å². The van der Waals surface area contributed by atoms with E-state index in [1.807, 2.05) is 80.1 Å². The van der Waals surface area contributed by atoms with Gasteiger partial charge in [0.25, 0.3) is 11.7 Å². The molecule has 0 radical (unpaired) electrons. The van der Waals surface area contributed by atoms with Crippen LogP contribution in [0.4, 0.5) is 0 Å². The minimum atomic E-state index is -0.424. The summed E-state index contributed by atoms with van der Waals surface area (Å²) in [6.45, 7) is 5.25. The summed E-state index contributed by atoms with van der Waals surface area (Å²) in [5.41, 5.74) is 3.18. The third kappa shape index (κ3) is 3.52. The van der Waals surface area contributed by atoms with Gasteiger partial charge in [-0.2, -0.15) is 0 Å². The van der Waals surface area contributed by atoms with Gasteiger partial charge in [-0.25, -0.2) is 0 Å². The molecule has 27 heavy (non-hydrogen) atoms. The van der Waals surface area contributed by atoms with E-state index >= 15 is 0 Å². The molecule has 0 fully saturated rings. The fourth-order valence-electron chi connectivity index (χ4n) is 3.66. The maximum Gasteiger partial charge on any atom is 0.295 e. The Kier molecular flexibility index (Phi) is 5.75. The first-order valence-corrected chi connectivity index (χ1v) is 9.56. The Balaban J connectivity index is 2.18. The van der Waals surface area contributed by atoms with Gasteiger partial charge in [-0.3, -0.25) is 9.59 Å². The largest absolute Gasteiger partial charge is 0.343 e. The Morgan fingerprint density at radius 1 is 0.889 bits per heavy atom. The third-order valence-electron chi connectivity index (χ3n) is 4.85. The number of amides is 1. The number of hydrogen-bond donors (Lipinski definition) is 0. The standard InChI is InChI=1S/C23H26N2O2/c1-4-15-25(16-5-2)23(27)22(26)20-18-13-9-10-14-19(18)24(3)21(20)17-11-7-6-8-12-17/h6-14H,4-5,15-16H2,1-3H3. The topological polar surface area (TPSA) is 42.3 Å². The summed E-state index contributed by atoms with van der Waals surface area (Å²) >= 11 is 0. The molecular formula is C23H26N2O2. The monoisotopic (exact) mass is 362 g/mol. The van der Waals surface area contributed by atoms with Gasteiger partial charge in [0.15, 0.2) is 0 Å². The number of hydrogen-bond acceptors (Lipinski definition) is 2. The van der Waals surface area contributed by atoms with Gasteiger partial charge in [0.1, 0.15) is 0 Å². The van der Waals surface area contributed by atoms with Crippen LogP contribution in [0.5, 0.6) is 0 Å². The highest BCUT2D eigenvalue weighted by Gasteiger charge is 2.29. The first-order valence-electron chi connectivity index (χ1n) is 9.56. The Morgan fingerprint density at radius 3 is 2.11 bits per heavy atom. The van der Waals surface area contributed by atoms with Crippen LogP contribution in [0.1, 0.15) is 37.0 Å². The second-order valence-corrected chi connectivity index (χ2v) is 6.79. The molecule has 3 aromatic rings. The number of para-hydroxylation sites is 1. The molecule has 0 aliphatic rings. The first kappa shape index (κ1) is 18.9. The maximum absolute atomic E-state index is 13.4. The normalized spacial score (nSPS) is 10.9. The van der Waals surface area contributed by atoms with E-state index in [1.54, 1.807) is 4.90 Å². The molecule has 0 unspecified atom stereocenters. The summed E-state index contributed by atoms with van der Waals surface area (Å²) in [5, 5.41) is 0.824. The molecule has 1 heterocycles. The van der Waals surface area contributed by atoms with E-state index in [2.05, 4.69) is 0 Å². The molecule has 140 valence electrons. The van der Waals surface area contributed by atoms with Gasteiger partial charge in [0.05, 0.1) is 11.3 Å². The fraction of sp³-hybridized carbons (Fsp3) is 0.304. The Bertz CT molecular complexity index is 951. The average molecular weight is 362 g/mol. The molecule has 0 spiro atoms. The highest BCUT2D eigenvalue weighted by atomic mass is 16.2. The lowest BCUT2D eigenvalue weighted by molar-refractivity contribution is -0.126. The van der Waals surface area contributed by atoms with Crippen LogP contribution in [0.25, 0.3) is 22.2 Å². The van der Waals surface area contributed by atoms with Crippen molar-refractivity contribution < 1.29 is 9.59 Å². The number of aromatic nitrogens is 1. The SMILES string of the molecule is CCCN(CCC)C(=O)C(=O)c1c(-c2ccccc2)n(C)c2ccccc12. The Morgan fingerprint density at radius 2 is 1.48 bits per heavy atom. The van der Waals surface area contributed by atoms with Gasteiger partial charge >= 0.3 is 0 Å². The predicted octanol–water partition coefficient (Wildman–Crippen LogP) is 4.68. The lowest BCUT2D eigenvalue weighted by Gasteiger charge is -2.20. The van der Waals surface area contributed by atoms with Crippen LogP contribution >= 0.6 is 0 Å². The number of carbonyl (C=O) groups excluding carboxylic acids is 2. The van der Waals surface area contributed by atoms with E-state index in [1.165, 1.54) is 0 Å². The molecule has 0 aliphatic heterocycles. The van der Waals surface area contributed by atoms with Crippen molar-refractivity contribution in [3.05, 3.63) is 60.2 Å². The molecule has 3 rings (SSSR count). The number of nitrogens with zero attached hydrogens (tertiary/aromatic N) is 2. The molecule has 0 saturated carbocycles. The zero-order valence-electron chi connectivity index (χ0n) is 16.2. The summed E-state index contributed by atoms with van der Waals surface area (Å²) < 4.78 is 2.01. The van der Waals surface area contributed by atoms with Crippen molar-refractivity contribution in [1.29, 1.82) is 0 Å². The molecule has 4 nitrogen and oxygen atoms in total. The Labute approximate surface area is 160 Å². The minimum absolute atomic E-state index is 0.410. The molecule has 1 amide bonds. The van der Waals surface area contributed by atoms with Crippen LogP contribution in [0, 0.1) is 0 Å². The highest BCUT2D eigenvalue weighted by molar-refractivity contribution is 6.46. The number of rotatable bonds is 7. The van der Waals surface area contributed by atoms with Gasteiger partial charge in [-0.15, -0.1) is 0 Å². The van der Waals surface area contributed by atoms with Crippen LogP contribution in [0.2, 0.25) is 0 Å². The number of carbonyl (C=O) groups is 2. The second-order valence-electron chi connectivity index (χ2n) is 6.79. The van der Waals surface area contributed by atoms with Crippen molar-refractivity contribution in [2.24, 2.45) is 7.05 Å². The molecule has 0 aliphatic carbocycles. The number of aryl methyl sites for hydroxylation is 1. The summed E-state index contributed by atoms with van der Waals surface area (Å²) in [6, 6.07) is 17.6. The lowest BCUT2D eigenvalue weighted by atomic mass is 10.0. The van der Waals surface area contributed by atoms with E-state index in [9.17, 15) is 9.59 Å². The van der Waals surface area contributed by atoms with Crippen molar-refractivity contribution in [2.45, 2.75) is 26.7 Å². The molecule has 0 saturated heterocycles. The minimum Gasteiger partial charge on any atom is -0.343 e. The van der Waals surface area contributed by atoms with E-state index in [0.717, 1.165) is 35.0 Å². The molecule has 2 aromatic carbocycles. The van der Waals surface area contributed by atoms with Crippen LogP contribution in [-0.4, -0.2) is 34.2 Å². The third-order valence-corrected chi connectivity index (χ3v) is 4.85. The van der Waals surface area contributed by atoms with Gasteiger partial charge < -0.3 is 9.47 Å². The van der Waals surface area contributed by atoms with Gasteiger partial charge in [0, 0.05) is 31.0 Å². The number of ketones is 1. The molecule has 0 bridgehead atoms. The molecular weight excluding hydrogens is 336 g/mol. The quantitative estimate of drug-likeness (QED) is 0.452. The first-order chi connectivity index (χ1) is 13.1. The average Bonchev–Trinajstić information content (AvgIpc) is 3.00. The second kappa shape index (κ2) is 8.21. The van der Waals surface area contributed by atoms with Crippen LogP contribution < -0.4 is 0 Å². The molecule has 0 atom stereocenters. The van der Waals surface area contributed by atoms with Crippen LogP contribution in [0.15, 0.2) is 54.6 Å². The van der Waals surface area contributed by atoms with Gasteiger partial charge in [-0.05, 0) is 24.5 Å². The van der Waals surface area contributed by atoms with Crippen molar-refractivity contribution in [1.82, 2.24) is 9.47 Å². The lowest BCUT2D eigenvalue weighted by Crippen LogP contribution is -2.37. The summed E-state index contributed by atoms with van der Waals surface area (Å²) in [7, 11) is 1.95. The van der Waals surface area contributed by atoms with E-state index in [-0.39, 0.29) is 0 Å². The molecule has 4 heteroatoms. The van der Waals surface area contributed by atoms with Crippen molar-refractivity contribution >= 4 is 22.6 Å². The van der Waals surface area contributed by atoms with Crippen molar-refractivity contribution in [2.75, 3.05) is 13.1 Å². The van der Waals surface area contributed by atoms with E-state index in [4.69, 9.17) is 0 Å². The number of Topliss-reactive ketones (excluding diaryl/α,β-unsaturated/α-hetero) is 1. The van der Waals surface area contributed by atoms with Gasteiger partial charge in [0.2, 0.25) is 0 Å². The summed E-state index contributed by atoms with van der Waals surface area (Å²) in [6.07, 6.45) is 1.67. The van der Waals surface area contributed by atoms with Crippen molar-refractivity contribution in [3.63, 3.8) is 0 Å². The maximum atomic E-state index is 13.4. The summed E-state index contributed by atoms with van der Waals surface area (Å²) in [5.74, 6) is -0.834. The zero-order valence-corrected chi connectivity index (χ0v) is 16.2. The van der Waals surface area contributed by atoms with Crippen LogP contribution in [0.3, 0.4) is 0 Å². The smallest absolute Gasteiger partial charge is 0.295 e. The number of fused-ring (bicyclic) bond motifs is 1. The zero-order chi connectivity index (χ0) is 19.4. The molecule has 0 N–H and O–H groups in total. The molecule has 1 aromatic heterocycles. The highest BCUT2D eigenvalue weighted by Crippen LogP contribution is 2.33. The fourth-order valence-corrected chi connectivity index (χ4v) is 3.66. The predicted molar refractivity (Wildman–Crippen MR) is 110 cm³/mol.